The van der Waals surface area contributed by atoms with Crippen LogP contribution in [-0.2, 0) is 9.59 Å². The van der Waals surface area contributed by atoms with Gasteiger partial charge in [-0.2, -0.15) is 0 Å². The van der Waals surface area contributed by atoms with E-state index in [0.717, 1.165) is 18.0 Å². The van der Waals surface area contributed by atoms with E-state index in [1.165, 1.54) is 0 Å². The van der Waals surface area contributed by atoms with E-state index < -0.39 is 6.10 Å². The van der Waals surface area contributed by atoms with Crippen LogP contribution >= 0.6 is 11.3 Å². The quantitative estimate of drug-likeness (QED) is 0.807. The maximum atomic E-state index is 12.3. The molecule has 2 amide bonds. The highest BCUT2D eigenvalue weighted by Crippen LogP contribution is 2.19. The van der Waals surface area contributed by atoms with E-state index in [4.69, 9.17) is 0 Å². The van der Waals surface area contributed by atoms with Crippen LogP contribution in [0.1, 0.15) is 11.8 Å². The average Bonchev–Trinajstić information content (AvgIpc) is 3.22. The Hall–Kier alpha value is -1.70. The van der Waals surface area contributed by atoms with Crippen molar-refractivity contribution in [3.05, 3.63) is 28.5 Å². The zero-order valence-corrected chi connectivity index (χ0v) is 14.6. The number of aliphatic hydroxyl groups excluding tert-OH is 1. The number of hydrogen-bond acceptors (Lipinski definition) is 5. The molecule has 2 saturated heterocycles. The Balaban J connectivity index is 1.55. The summed E-state index contributed by atoms with van der Waals surface area (Å²) in [5.74, 6) is 0.0319. The predicted octanol–water partition coefficient (Wildman–Crippen LogP) is 0.497. The minimum absolute atomic E-state index is 0.0433. The van der Waals surface area contributed by atoms with Gasteiger partial charge in [0, 0.05) is 57.1 Å². The molecule has 3 heterocycles. The van der Waals surface area contributed by atoms with Gasteiger partial charge in [-0.1, -0.05) is 6.07 Å². The molecule has 0 radical (unpaired) electrons. The van der Waals surface area contributed by atoms with Crippen LogP contribution in [0.4, 0.5) is 0 Å². The number of piperazine rings is 1. The molecular formula is C17H23N3O3S. The SMILES string of the molecule is CC(=O)N1CCN([C@@H]2CN(C(=O)/C=C/c3cccs3)C[C@H]2O)CC1. The highest BCUT2D eigenvalue weighted by atomic mass is 32.1. The second-order valence-electron chi connectivity index (χ2n) is 6.27. The van der Waals surface area contributed by atoms with Crippen molar-refractivity contribution >= 4 is 29.2 Å². The van der Waals surface area contributed by atoms with Crippen molar-refractivity contribution in [2.24, 2.45) is 0 Å². The highest BCUT2D eigenvalue weighted by Gasteiger charge is 2.38. The lowest BCUT2D eigenvalue weighted by Crippen LogP contribution is -2.54. The van der Waals surface area contributed by atoms with Gasteiger partial charge in [-0.25, -0.2) is 0 Å². The summed E-state index contributed by atoms with van der Waals surface area (Å²) in [7, 11) is 0. The first-order valence-electron chi connectivity index (χ1n) is 8.22. The van der Waals surface area contributed by atoms with Crippen LogP contribution in [0.2, 0.25) is 0 Å². The van der Waals surface area contributed by atoms with Gasteiger partial charge in [-0.15, -0.1) is 11.3 Å². The second-order valence-corrected chi connectivity index (χ2v) is 7.25. The first kappa shape index (κ1) is 17.1. The normalized spacial score (nSPS) is 25.6. The van der Waals surface area contributed by atoms with Crippen molar-refractivity contribution in [2.75, 3.05) is 39.3 Å². The molecule has 1 aromatic rings. The molecule has 1 N–H and O–H groups in total. The number of amides is 2. The average molecular weight is 349 g/mol. The van der Waals surface area contributed by atoms with E-state index in [-0.39, 0.29) is 17.9 Å². The Morgan fingerprint density at radius 2 is 1.96 bits per heavy atom. The van der Waals surface area contributed by atoms with Crippen molar-refractivity contribution < 1.29 is 14.7 Å². The Morgan fingerprint density at radius 3 is 2.58 bits per heavy atom. The smallest absolute Gasteiger partial charge is 0.246 e. The number of nitrogens with zero attached hydrogens (tertiary/aromatic N) is 3. The molecule has 2 fully saturated rings. The Bertz CT molecular complexity index is 609. The molecule has 0 bridgehead atoms. The first-order chi connectivity index (χ1) is 11.5. The molecule has 2 atom stereocenters. The van der Waals surface area contributed by atoms with Gasteiger partial charge in [0.25, 0.3) is 0 Å². The molecule has 0 aliphatic carbocycles. The standard InChI is InChI=1S/C17H23N3O3S/c1-13(21)18-6-8-19(9-7-18)15-11-20(12-16(15)22)17(23)5-4-14-3-2-10-24-14/h2-5,10,15-16,22H,6-9,11-12H2,1H3/b5-4+/t15-,16-/m1/s1. The van der Waals surface area contributed by atoms with Gasteiger partial charge in [-0.05, 0) is 17.5 Å². The fourth-order valence-corrected chi connectivity index (χ4v) is 3.94. The maximum absolute atomic E-state index is 12.3. The largest absolute Gasteiger partial charge is 0.390 e. The number of likely N-dealkylation sites (tertiary alicyclic amines) is 1. The summed E-state index contributed by atoms with van der Waals surface area (Å²) in [5.41, 5.74) is 0. The van der Waals surface area contributed by atoms with Crippen LogP contribution in [-0.4, -0.2) is 83.0 Å². The number of β-amino-alcohol motifs (C(OH)–C–C–N with tert-alkyl or cyclic N) is 1. The summed E-state index contributed by atoms with van der Waals surface area (Å²) in [6.07, 6.45) is 2.86. The van der Waals surface area contributed by atoms with Crippen LogP contribution < -0.4 is 0 Å². The van der Waals surface area contributed by atoms with E-state index in [2.05, 4.69) is 4.90 Å². The topological polar surface area (TPSA) is 64.1 Å². The lowest BCUT2D eigenvalue weighted by Gasteiger charge is -2.38. The summed E-state index contributed by atoms with van der Waals surface area (Å²) >= 11 is 1.59. The molecule has 0 aromatic carbocycles. The van der Waals surface area contributed by atoms with E-state index in [1.807, 2.05) is 28.5 Å². The molecule has 24 heavy (non-hydrogen) atoms. The Labute approximate surface area is 146 Å². The van der Waals surface area contributed by atoms with Gasteiger partial charge in [0.2, 0.25) is 11.8 Å². The third kappa shape index (κ3) is 3.85. The number of carbonyl (C=O) groups is 2. The van der Waals surface area contributed by atoms with Crippen molar-refractivity contribution in [3.8, 4) is 0 Å². The van der Waals surface area contributed by atoms with Crippen molar-refractivity contribution in [2.45, 2.75) is 19.1 Å². The highest BCUT2D eigenvalue weighted by molar-refractivity contribution is 7.10. The number of thiophene rings is 1. The molecular weight excluding hydrogens is 326 g/mol. The lowest BCUT2D eigenvalue weighted by atomic mass is 10.1. The summed E-state index contributed by atoms with van der Waals surface area (Å²) < 4.78 is 0. The molecule has 2 aliphatic rings. The summed E-state index contributed by atoms with van der Waals surface area (Å²) in [5, 5.41) is 12.3. The third-order valence-corrected chi connectivity index (χ3v) is 5.57. The van der Waals surface area contributed by atoms with E-state index in [0.29, 0.717) is 26.2 Å². The third-order valence-electron chi connectivity index (χ3n) is 4.73. The van der Waals surface area contributed by atoms with Crippen LogP contribution in [0.3, 0.4) is 0 Å². The second kappa shape index (κ2) is 7.46. The molecule has 0 spiro atoms. The van der Waals surface area contributed by atoms with Crippen LogP contribution in [0.5, 0.6) is 0 Å². The van der Waals surface area contributed by atoms with E-state index in [9.17, 15) is 14.7 Å². The molecule has 1 aromatic heterocycles. The van der Waals surface area contributed by atoms with E-state index >= 15 is 0 Å². The molecule has 0 unspecified atom stereocenters. The molecule has 6 nitrogen and oxygen atoms in total. The van der Waals surface area contributed by atoms with Crippen LogP contribution in [0.25, 0.3) is 6.08 Å². The van der Waals surface area contributed by atoms with Crippen molar-refractivity contribution in [1.29, 1.82) is 0 Å². The van der Waals surface area contributed by atoms with Gasteiger partial charge in [0.1, 0.15) is 0 Å². The van der Waals surface area contributed by atoms with Gasteiger partial charge >= 0.3 is 0 Å². The zero-order chi connectivity index (χ0) is 17.1. The van der Waals surface area contributed by atoms with Gasteiger partial charge in [-0.3, -0.25) is 14.5 Å². The number of aliphatic hydroxyl groups is 1. The first-order valence-corrected chi connectivity index (χ1v) is 9.10. The predicted molar refractivity (Wildman–Crippen MR) is 93.6 cm³/mol. The number of hydrogen-bond donors (Lipinski definition) is 1. The monoisotopic (exact) mass is 349 g/mol. The van der Waals surface area contributed by atoms with Crippen molar-refractivity contribution in [3.63, 3.8) is 0 Å². The Kier molecular flexibility index (Phi) is 5.33. The van der Waals surface area contributed by atoms with Gasteiger partial charge in [0.05, 0.1) is 12.1 Å². The molecule has 3 rings (SSSR count). The van der Waals surface area contributed by atoms with Gasteiger partial charge < -0.3 is 14.9 Å². The molecule has 130 valence electrons. The minimum Gasteiger partial charge on any atom is -0.390 e. The van der Waals surface area contributed by atoms with Gasteiger partial charge in [0.15, 0.2) is 0 Å². The summed E-state index contributed by atoms with van der Waals surface area (Å²) in [4.78, 5) is 30.5. The number of carbonyl (C=O) groups excluding carboxylic acids is 2. The molecule has 2 aliphatic heterocycles. The van der Waals surface area contributed by atoms with Crippen LogP contribution in [0.15, 0.2) is 23.6 Å². The summed E-state index contributed by atoms with van der Waals surface area (Å²) in [6, 6.07) is 3.87. The zero-order valence-electron chi connectivity index (χ0n) is 13.8. The molecule has 0 saturated carbocycles. The fraction of sp³-hybridized carbons (Fsp3) is 0.529. The minimum atomic E-state index is -0.534. The maximum Gasteiger partial charge on any atom is 0.246 e. The van der Waals surface area contributed by atoms with Crippen molar-refractivity contribution in [1.82, 2.24) is 14.7 Å². The summed E-state index contributed by atoms with van der Waals surface area (Å²) in [6.45, 7) is 5.35. The van der Waals surface area contributed by atoms with E-state index in [1.54, 1.807) is 29.2 Å². The number of rotatable bonds is 3. The Morgan fingerprint density at radius 1 is 1.21 bits per heavy atom. The lowest BCUT2D eigenvalue weighted by molar-refractivity contribution is -0.131. The van der Waals surface area contributed by atoms with Crippen LogP contribution in [0, 0.1) is 0 Å². The molecule has 7 heteroatoms. The fourth-order valence-electron chi connectivity index (χ4n) is 3.32.